The zero-order valence-electron chi connectivity index (χ0n) is 20.1. The second-order valence-corrected chi connectivity index (χ2v) is 10.5. The summed E-state index contributed by atoms with van der Waals surface area (Å²) >= 11 is 0. The normalized spacial score (nSPS) is 19.3. The van der Waals surface area contributed by atoms with Crippen LogP contribution in [0.1, 0.15) is 51.5 Å². The number of aromatic nitrogens is 1. The van der Waals surface area contributed by atoms with Gasteiger partial charge in [0, 0.05) is 47.0 Å². The Kier molecular flexibility index (Phi) is 6.28. The number of para-hydroxylation sites is 1. The molecule has 0 atom stereocenters. The summed E-state index contributed by atoms with van der Waals surface area (Å²) in [6.07, 6.45) is 6.96. The average Bonchev–Trinajstić information content (AvgIpc) is 3.24. The SMILES string of the molecule is Cc1ccc(N2CCC(CC3CCN(C(C)C)CC3)CC2)cc1-c1cc2ccccc2[nH]1. The number of aromatic amines is 1. The van der Waals surface area contributed by atoms with Crippen LogP contribution < -0.4 is 4.90 Å². The molecule has 170 valence electrons. The quantitative estimate of drug-likeness (QED) is 0.478. The second kappa shape index (κ2) is 9.31. The molecule has 0 spiro atoms. The summed E-state index contributed by atoms with van der Waals surface area (Å²) in [7, 11) is 0. The minimum Gasteiger partial charge on any atom is -0.371 e. The van der Waals surface area contributed by atoms with Crippen molar-refractivity contribution in [3.8, 4) is 11.3 Å². The molecule has 0 amide bonds. The fourth-order valence-electron chi connectivity index (χ4n) is 5.92. The van der Waals surface area contributed by atoms with Gasteiger partial charge >= 0.3 is 0 Å². The van der Waals surface area contributed by atoms with Crippen molar-refractivity contribution in [2.75, 3.05) is 31.1 Å². The molecular weight excluding hydrogens is 390 g/mol. The number of likely N-dealkylation sites (tertiary alicyclic amines) is 1. The maximum absolute atomic E-state index is 3.62. The van der Waals surface area contributed by atoms with Gasteiger partial charge in [-0.15, -0.1) is 0 Å². The number of rotatable bonds is 5. The van der Waals surface area contributed by atoms with Crippen LogP contribution in [0.3, 0.4) is 0 Å². The van der Waals surface area contributed by atoms with E-state index in [-0.39, 0.29) is 0 Å². The lowest BCUT2D eigenvalue weighted by atomic mass is 9.82. The Hall–Kier alpha value is -2.26. The maximum Gasteiger partial charge on any atom is 0.0468 e. The van der Waals surface area contributed by atoms with Crippen molar-refractivity contribution in [2.24, 2.45) is 11.8 Å². The summed E-state index contributed by atoms with van der Waals surface area (Å²) in [5.41, 5.74) is 6.49. The highest BCUT2D eigenvalue weighted by Crippen LogP contribution is 2.34. The molecule has 2 aromatic carbocycles. The number of nitrogens with one attached hydrogen (secondary N) is 1. The molecule has 1 aromatic heterocycles. The fraction of sp³-hybridized carbons (Fsp3) is 0.517. The van der Waals surface area contributed by atoms with Crippen LogP contribution in [0.5, 0.6) is 0 Å². The average molecular weight is 430 g/mol. The van der Waals surface area contributed by atoms with Crippen LogP contribution in [-0.4, -0.2) is 42.1 Å². The van der Waals surface area contributed by atoms with Gasteiger partial charge in [0.1, 0.15) is 0 Å². The molecule has 2 aliphatic heterocycles. The molecule has 2 fully saturated rings. The van der Waals surface area contributed by atoms with E-state index in [0.717, 1.165) is 11.8 Å². The predicted molar refractivity (Wildman–Crippen MR) is 137 cm³/mol. The third-order valence-electron chi connectivity index (χ3n) is 8.07. The number of fused-ring (bicyclic) bond motifs is 1. The van der Waals surface area contributed by atoms with Crippen LogP contribution >= 0.6 is 0 Å². The minimum atomic E-state index is 0.711. The van der Waals surface area contributed by atoms with Crippen LogP contribution in [0, 0.1) is 18.8 Å². The Morgan fingerprint density at radius 1 is 0.875 bits per heavy atom. The smallest absolute Gasteiger partial charge is 0.0468 e. The van der Waals surface area contributed by atoms with Gasteiger partial charge in [-0.25, -0.2) is 0 Å². The summed E-state index contributed by atoms with van der Waals surface area (Å²) in [6, 6.07) is 18.6. The summed E-state index contributed by atoms with van der Waals surface area (Å²) in [6.45, 7) is 11.9. The van der Waals surface area contributed by atoms with Crippen LogP contribution in [0.25, 0.3) is 22.2 Å². The van der Waals surface area contributed by atoms with Crippen LogP contribution in [-0.2, 0) is 0 Å². The molecule has 3 nitrogen and oxygen atoms in total. The summed E-state index contributed by atoms with van der Waals surface area (Å²) in [4.78, 5) is 8.89. The lowest BCUT2D eigenvalue weighted by molar-refractivity contribution is 0.133. The Morgan fingerprint density at radius 2 is 1.56 bits per heavy atom. The lowest BCUT2D eigenvalue weighted by Crippen LogP contribution is -2.39. The van der Waals surface area contributed by atoms with Gasteiger partial charge in [0.05, 0.1) is 0 Å². The highest BCUT2D eigenvalue weighted by atomic mass is 15.1. The van der Waals surface area contributed by atoms with E-state index in [1.54, 1.807) is 0 Å². The Balaban J connectivity index is 1.21. The number of benzene rings is 2. The predicted octanol–water partition coefficient (Wildman–Crippen LogP) is 6.87. The summed E-state index contributed by atoms with van der Waals surface area (Å²) in [5.74, 6) is 1.87. The minimum absolute atomic E-state index is 0.711. The third kappa shape index (κ3) is 4.59. The van der Waals surface area contributed by atoms with Crippen molar-refractivity contribution in [3.05, 3.63) is 54.1 Å². The summed E-state index contributed by atoms with van der Waals surface area (Å²) in [5, 5.41) is 1.28. The largest absolute Gasteiger partial charge is 0.371 e. The van der Waals surface area contributed by atoms with E-state index in [4.69, 9.17) is 0 Å². The Morgan fingerprint density at radius 3 is 2.25 bits per heavy atom. The van der Waals surface area contributed by atoms with Gasteiger partial charge in [-0.05, 0) is 108 Å². The number of H-pyrrole nitrogens is 1. The monoisotopic (exact) mass is 429 g/mol. The molecule has 32 heavy (non-hydrogen) atoms. The third-order valence-corrected chi connectivity index (χ3v) is 8.07. The molecule has 3 heteroatoms. The molecule has 0 aliphatic carbocycles. The molecular formula is C29H39N3. The van der Waals surface area contributed by atoms with E-state index >= 15 is 0 Å². The fourth-order valence-corrected chi connectivity index (χ4v) is 5.92. The Labute approximate surface area is 193 Å². The van der Waals surface area contributed by atoms with Crippen molar-refractivity contribution in [3.63, 3.8) is 0 Å². The van der Waals surface area contributed by atoms with E-state index in [2.05, 4.69) is 84.1 Å². The molecule has 2 saturated heterocycles. The molecule has 3 heterocycles. The van der Waals surface area contributed by atoms with Crippen molar-refractivity contribution in [2.45, 2.75) is 58.9 Å². The van der Waals surface area contributed by atoms with Gasteiger partial charge in [-0.2, -0.15) is 0 Å². The molecule has 0 saturated carbocycles. The van der Waals surface area contributed by atoms with E-state index < -0.39 is 0 Å². The van der Waals surface area contributed by atoms with Gasteiger partial charge in [0.25, 0.3) is 0 Å². The van der Waals surface area contributed by atoms with Crippen LogP contribution in [0.15, 0.2) is 48.5 Å². The first-order chi connectivity index (χ1) is 15.6. The van der Waals surface area contributed by atoms with E-state index in [9.17, 15) is 0 Å². The first-order valence-electron chi connectivity index (χ1n) is 12.7. The Bertz CT molecular complexity index is 1000. The molecule has 2 aliphatic rings. The van der Waals surface area contributed by atoms with E-state index in [0.29, 0.717) is 6.04 Å². The van der Waals surface area contributed by atoms with Gasteiger partial charge < -0.3 is 14.8 Å². The number of hydrogen-bond acceptors (Lipinski definition) is 2. The topological polar surface area (TPSA) is 22.3 Å². The lowest BCUT2D eigenvalue weighted by Gasteiger charge is -2.38. The first-order valence-corrected chi connectivity index (χ1v) is 12.7. The first kappa shape index (κ1) is 21.6. The van der Waals surface area contributed by atoms with Crippen LogP contribution in [0.4, 0.5) is 5.69 Å². The van der Waals surface area contributed by atoms with Gasteiger partial charge in [0.2, 0.25) is 0 Å². The molecule has 0 radical (unpaired) electrons. The van der Waals surface area contributed by atoms with Crippen molar-refractivity contribution < 1.29 is 0 Å². The van der Waals surface area contributed by atoms with E-state index in [1.165, 1.54) is 91.7 Å². The van der Waals surface area contributed by atoms with Crippen molar-refractivity contribution in [1.82, 2.24) is 9.88 Å². The maximum atomic E-state index is 3.62. The van der Waals surface area contributed by atoms with Gasteiger partial charge in [-0.3, -0.25) is 0 Å². The van der Waals surface area contributed by atoms with Gasteiger partial charge in [0.15, 0.2) is 0 Å². The van der Waals surface area contributed by atoms with Crippen LogP contribution in [0.2, 0.25) is 0 Å². The number of nitrogens with zero attached hydrogens (tertiary/aromatic N) is 2. The number of aryl methyl sites for hydroxylation is 1. The second-order valence-electron chi connectivity index (χ2n) is 10.5. The molecule has 0 bridgehead atoms. The molecule has 3 aromatic rings. The number of hydrogen-bond donors (Lipinski definition) is 1. The molecule has 1 N–H and O–H groups in total. The highest BCUT2D eigenvalue weighted by molar-refractivity contribution is 5.87. The summed E-state index contributed by atoms with van der Waals surface area (Å²) < 4.78 is 0. The zero-order valence-corrected chi connectivity index (χ0v) is 20.1. The van der Waals surface area contributed by atoms with Crippen molar-refractivity contribution >= 4 is 16.6 Å². The highest BCUT2D eigenvalue weighted by Gasteiger charge is 2.26. The standard InChI is InChI=1S/C29H39N3/c1-21(2)31-14-10-23(11-15-31)18-24-12-16-32(17-13-24)26-9-8-22(3)27(20-26)29-19-25-6-4-5-7-28(25)30-29/h4-9,19-21,23-24,30H,10-18H2,1-3H3. The zero-order chi connectivity index (χ0) is 22.1. The van der Waals surface area contributed by atoms with E-state index in [1.807, 2.05) is 0 Å². The number of anilines is 1. The number of piperidine rings is 2. The van der Waals surface area contributed by atoms with Gasteiger partial charge in [-0.1, -0.05) is 24.3 Å². The van der Waals surface area contributed by atoms with Crippen molar-refractivity contribution in [1.29, 1.82) is 0 Å². The molecule has 0 unspecified atom stereocenters. The molecule has 5 rings (SSSR count).